The smallest absolute Gasteiger partial charge is 0.112 e. The van der Waals surface area contributed by atoms with E-state index in [-0.39, 0.29) is 12.4 Å². The first-order chi connectivity index (χ1) is 11.2. The maximum absolute atomic E-state index is 5.93. The molecule has 4 rings (SSSR count). The molecule has 0 unspecified atom stereocenters. The molecule has 4 aromatic rings. The molecule has 5 nitrogen and oxygen atoms in total. The Balaban J connectivity index is 0.00000169. The number of aromatic amines is 1. The van der Waals surface area contributed by atoms with Gasteiger partial charge in [0.15, 0.2) is 0 Å². The number of benzene rings is 1. The molecule has 1 aromatic carbocycles. The number of anilines is 1. The maximum Gasteiger partial charge on any atom is 0.112 e. The molecule has 0 amide bonds. The van der Waals surface area contributed by atoms with Gasteiger partial charge < -0.3 is 10.7 Å². The summed E-state index contributed by atoms with van der Waals surface area (Å²) in [5.41, 5.74) is 12.5. The summed E-state index contributed by atoms with van der Waals surface area (Å²) < 4.78 is 1.86. The van der Waals surface area contributed by atoms with Crippen LogP contribution in [0.15, 0.2) is 55.0 Å². The highest BCUT2D eigenvalue weighted by Crippen LogP contribution is 2.24. The summed E-state index contributed by atoms with van der Waals surface area (Å²) in [4.78, 5) is 7.73. The van der Waals surface area contributed by atoms with Crippen molar-refractivity contribution in [3.8, 4) is 16.9 Å². The molecule has 122 valence electrons. The Hall–Kier alpha value is -2.79. The Morgan fingerprint density at radius 2 is 1.92 bits per heavy atom. The molecule has 3 heterocycles. The molecule has 3 N–H and O–H groups in total. The number of pyridine rings is 1. The Bertz CT molecular complexity index is 969. The first kappa shape index (κ1) is 16.1. The zero-order chi connectivity index (χ0) is 15.8. The minimum atomic E-state index is 0. The van der Waals surface area contributed by atoms with Crippen molar-refractivity contribution in [3.63, 3.8) is 0 Å². The number of aromatic nitrogens is 4. The Kier molecular flexibility index (Phi) is 4.27. The molecule has 0 aliphatic rings. The van der Waals surface area contributed by atoms with E-state index in [4.69, 9.17) is 5.73 Å². The zero-order valence-electron chi connectivity index (χ0n) is 13.2. The van der Waals surface area contributed by atoms with E-state index in [0.717, 1.165) is 34.4 Å². The van der Waals surface area contributed by atoms with Crippen molar-refractivity contribution in [2.45, 2.75) is 13.3 Å². The summed E-state index contributed by atoms with van der Waals surface area (Å²) in [5.74, 6) is 0. The van der Waals surface area contributed by atoms with Gasteiger partial charge in [0.05, 0.1) is 28.8 Å². The van der Waals surface area contributed by atoms with Crippen molar-refractivity contribution in [1.82, 2.24) is 19.7 Å². The summed E-state index contributed by atoms with van der Waals surface area (Å²) in [6.07, 6.45) is 6.61. The van der Waals surface area contributed by atoms with E-state index in [9.17, 15) is 0 Å². The largest absolute Gasteiger partial charge is 0.396 e. The summed E-state index contributed by atoms with van der Waals surface area (Å²) in [6.45, 7) is 2.15. The van der Waals surface area contributed by atoms with Crippen LogP contribution in [0.25, 0.3) is 28.0 Å². The second kappa shape index (κ2) is 6.37. The molecule has 0 saturated heterocycles. The van der Waals surface area contributed by atoms with Crippen LogP contribution in [0.2, 0.25) is 0 Å². The molecule has 0 aliphatic heterocycles. The van der Waals surface area contributed by atoms with Gasteiger partial charge in [-0.3, -0.25) is 0 Å². The lowest BCUT2D eigenvalue weighted by atomic mass is 10.1. The standard InChI is InChI=1S/C18H17N5.ClH/c1-2-12-3-5-14(6-4-12)23-11-13(9-21-23)16-7-8-17-18(22-16)15(19)10-20-17;/h3-11,20H,2,19H2,1H3;1H. The average molecular weight is 340 g/mol. The van der Waals surface area contributed by atoms with Crippen LogP contribution in [0.3, 0.4) is 0 Å². The lowest BCUT2D eigenvalue weighted by Gasteiger charge is -2.02. The number of H-pyrrole nitrogens is 1. The number of hydrogen-bond donors (Lipinski definition) is 2. The van der Waals surface area contributed by atoms with Crippen LogP contribution >= 0.6 is 12.4 Å². The predicted octanol–water partition coefficient (Wildman–Crippen LogP) is 3.98. The Morgan fingerprint density at radius 3 is 2.67 bits per heavy atom. The fraction of sp³-hybridized carbons (Fsp3) is 0.111. The van der Waals surface area contributed by atoms with Gasteiger partial charge in [-0.25, -0.2) is 9.67 Å². The number of halogens is 1. The Labute approximate surface area is 145 Å². The summed E-state index contributed by atoms with van der Waals surface area (Å²) in [6, 6.07) is 12.4. The van der Waals surface area contributed by atoms with E-state index in [1.165, 1.54) is 5.56 Å². The van der Waals surface area contributed by atoms with Crippen molar-refractivity contribution >= 4 is 29.1 Å². The molecule has 0 radical (unpaired) electrons. The summed E-state index contributed by atoms with van der Waals surface area (Å²) in [7, 11) is 0. The summed E-state index contributed by atoms with van der Waals surface area (Å²) in [5, 5.41) is 4.45. The highest BCUT2D eigenvalue weighted by molar-refractivity contribution is 5.89. The van der Waals surface area contributed by atoms with E-state index in [1.54, 1.807) is 6.20 Å². The zero-order valence-corrected chi connectivity index (χ0v) is 14.0. The van der Waals surface area contributed by atoms with Crippen molar-refractivity contribution in [1.29, 1.82) is 0 Å². The lowest BCUT2D eigenvalue weighted by molar-refractivity contribution is 0.879. The van der Waals surface area contributed by atoms with Crippen molar-refractivity contribution < 1.29 is 0 Å². The number of rotatable bonds is 3. The van der Waals surface area contributed by atoms with Crippen LogP contribution in [0.5, 0.6) is 0 Å². The number of nitrogens with two attached hydrogens (primary N) is 1. The molecule has 3 aromatic heterocycles. The Morgan fingerprint density at radius 1 is 1.12 bits per heavy atom. The summed E-state index contributed by atoms with van der Waals surface area (Å²) >= 11 is 0. The van der Waals surface area contributed by atoms with Crippen LogP contribution in [-0.2, 0) is 6.42 Å². The van der Waals surface area contributed by atoms with Gasteiger partial charge in [-0.1, -0.05) is 19.1 Å². The molecule has 0 bridgehead atoms. The van der Waals surface area contributed by atoms with Gasteiger partial charge in [-0.2, -0.15) is 5.10 Å². The normalized spacial score (nSPS) is 10.7. The second-order valence-electron chi connectivity index (χ2n) is 5.53. The molecule has 24 heavy (non-hydrogen) atoms. The molecule has 0 atom stereocenters. The van der Waals surface area contributed by atoms with Crippen molar-refractivity contribution in [2.24, 2.45) is 0 Å². The van der Waals surface area contributed by atoms with Gasteiger partial charge in [0.25, 0.3) is 0 Å². The minimum absolute atomic E-state index is 0. The van der Waals surface area contributed by atoms with Gasteiger partial charge in [-0.15, -0.1) is 12.4 Å². The highest BCUT2D eigenvalue weighted by Gasteiger charge is 2.08. The van der Waals surface area contributed by atoms with Crippen LogP contribution in [0.1, 0.15) is 12.5 Å². The molecular formula is C18H18ClN5. The number of hydrogen-bond acceptors (Lipinski definition) is 3. The molecule has 0 fully saturated rings. The fourth-order valence-corrected chi connectivity index (χ4v) is 2.66. The van der Waals surface area contributed by atoms with E-state index in [0.29, 0.717) is 5.69 Å². The van der Waals surface area contributed by atoms with Crippen molar-refractivity contribution in [2.75, 3.05) is 5.73 Å². The van der Waals surface area contributed by atoms with Crippen LogP contribution < -0.4 is 5.73 Å². The van der Waals surface area contributed by atoms with Crippen molar-refractivity contribution in [3.05, 3.63) is 60.6 Å². The number of fused-ring (bicyclic) bond motifs is 1. The molecule has 0 aliphatic carbocycles. The third-order valence-corrected chi connectivity index (χ3v) is 4.04. The van der Waals surface area contributed by atoms with Gasteiger partial charge in [-0.05, 0) is 36.2 Å². The number of aryl methyl sites for hydroxylation is 1. The molecule has 0 spiro atoms. The first-order valence-corrected chi connectivity index (χ1v) is 7.62. The van der Waals surface area contributed by atoms with E-state index in [1.807, 2.05) is 29.2 Å². The lowest BCUT2D eigenvalue weighted by Crippen LogP contribution is -1.94. The van der Waals surface area contributed by atoms with E-state index in [2.05, 4.69) is 46.3 Å². The average Bonchev–Trinajstić information content (AvgIpc) is 3.22. The first-order valence-electron chi connectivity index (χ1n) is 7.62. The minimum Gasteiger partial charge on any atom is -0.396 e. The second-order valence-corrected chi connectivity index (χ2v) is 5.53. The fourth-order valence-electron chi connectivity index (χ4n) is 2.66. The van der Waals surface area contributed by atoms with Gasteiger partial charge in [0.2, 0.25) is 0 Å². The quantitative estimate of drug-likeness (QED) is 0.593. The number of nitrogens with one attached hydrogen (secondary N) is 1. The number of nitrogens with zero attached hydrogens (tertiary/aromatic N) is 3. The third-order valence-electron chi connectivity index (χ3n) is 4.04. The van der Waals surface area contributed by atoms with Gasteiger partial charge in [0, 0.05) is 18.0 Å². The van der Waals surface area contributed by atoms with Crippen LogP contribution in [-0.4, -0.2) is 19.7 Å². The predicted molar refractivity (Wildman–Crippen MR) is 99.7 cm³/mol. The molecule has 0 saturated carbocycles. The third kappa shape index (κ3) is 2.74. The van der Waals surface area contributed by atoms with E-state index >= 15 is 0 Å². The maximum atomic E-state index is 5.93. The SMILES string of the molecule is CCc1ccc(-n2cc(-c3ccc4[nH]cc(N)c4n3)cn2)cc1.Cl. The molecule has 6 heteroatoms. The highest BCUT2D eigenvalue weighted by atomic mass is 35.5. The topological polar surface area (TPSA) is 72.5 Å². The van der Waals surface area contributed by atoms with Crippen LogP contribution in [0, 0.1) is 0 Å². The number of nitrogen functional groups attached to an aromatic ring is 1. The van der Waals surface area contributed by atoms with Gasteiger partial charge >= 0.3 is 0 Å². The monoisotopic (exact) mass is 339 g/mol. The van der Waals surface area contributed by atoms with E-state index < -0.39 is 0 Å². The van der Waals surface area contributed by atoms with Gasteiger partial charge in [0.1, 0.15) is 5.52 Å². The van der Waals surface area contributed by atoms with Crippen LogP contribution in [0.4, 0.5) is 5.69 Å². The molecular weight excluding hydrogens is 322 g/mol.